The summed E-state index contributed by atoms with van der Waals surface area (Å²) in [6.45, 7) is 0. The van der Waals surface area contributed by atoms with Crippen LogP contribution in [0.25, 0.3) is 0 Å². The van der Waals surface area contributed by atoms with Crippen LogP contribution in [-0.4, -0.2) is 25.0 Å². The van der Waals surface area contributed by atoms with E-state index in [9.17, 15) is 4.79 Å². The molecule has 2 aromatic rings. The van der Waals surface area contributed by atoms with Gasteiger partial charge in [0.05, 0.1) is 0 Å². The number of hydrogen-bond donors (Lipinski definition) is 1. The number of nitrogens with zero attached hydrogens (tertiary/aromatic N) is 2. The molecule has 2 rings (SSSR count). The summed E-state index contributed by atoms with van der Waals surface area (Å²) in [4.78, 5) is 20.2. The number of benzene rings is 1. The number of carbonyl (C=O) groups is 1. The molecule has 0 saturated carbocycles. The predicted molar refractivity (Wildman–Crippen MR) is 85.9 cm³/mol. The van der Waals surface area contributed by atoms with Crippen LogP contribution in [0.5, 0.6) is 0 Å². The summed E-state index contributed by atoms with van der Waals surface area (Å²) in [5.74, 6) is -0.338. The molecule has 0 aliphatic carbocycles. The Morgan fingerprint density at radius 2 is 1.71 bits per heavy atom. The van der Waals surface area contributed by atoms with Gasteiger partial charge in [0.2, 0.25) is 3.79 Å². The smallest absolute Gasteiger partial charge is 0.252 e. The van der Waals surface area contributed by atoms with Gasteiger partial charge in [-0.15, -0.1) is 0 Å². The number of halogens is 3. The average Bonchev–Trinajstić information content (AvgIpc) is 2.47. The second-order valence-electron chi connectivity index (χ2n) is 3.91. The lowest BCUT2D eigenvalue weighted by Crippen LogP contribution is -2.41. The lowest BCUT2D eigenvalue weighted by atomic mass is 10.2. The third-order valence-electron chi connectivity index (χ3n) is 2.36. The van der Waals surface area contributed by atoms with Crippen molar-refractivity contribution in [1.29, 1.82) is 0 Å². The molecule has 1 aromatic heterocycles. The predicted octanol–water partition coefficient (Wildman–Crippen LogP) is 3.70. The number of nitrogens with one attached hydrogen (secondary N) is 1. The van der Waals surface area contributed by atoms with E-state index < -0.39 is 9.17 Å². The average molecular weight is 363 g/mol. The molecule has 1 N–H and O–H groups in total. The maximum Gasteiger partial charge on any atom is 0.252 e. The lowest BCUT2D eigenvalue weighted by molar-refractivity contribution is 0.0950. The Bertz CT molecular complexity index is 593. The Labute approximate surface area is 141 Å². The zero-order valence-corrected chi connectivity index (χ0v) is 13.6. The summed E-state index contributed by atoms with van der Waals surface area (Å²) in [5, 5.41) is 2.25. The van der Waals surface area contributed by atoms with E-state index in [4.69, 9.17) is 34.8 Å². The van der Waals surface area contributed by atoms with Gasteiger partial charge in [0, 0.05) is 18.0 Å². The highest BCUT2D eigenvalue weighted by Gasteiger charge is 2.35. The van der Waals surface area contributed by atoms with E-state index in [2.05, 4.69) is 15.3 Å². The first kappa shape index (κ1) is 16.4. The maximum absolute atomic E-state index is 12.2. The number of aromatic nitrogens is 2. The second kappa shape index (κ2) is 7.31. The zero-order valence-electron chi connectivity index (χ0n) is 10.5. The number of hydrogen-bond acceptors (Lipinski definition) is 4. The fraction of sp³-hybridized carbons (Fsp3) is 0.154. The van der Waals surface area contributed by atoms with Gasteiger partial charge in [0.15, 0.2) is 5.16 Å². The molecule has 110 valence electrons. The SMILES string of the molecule is O=C(N[C@H](Sc1ncccn1)C(Cl)(Cl)Cl)c1ccccc1. The van der Waals surface area contributed by atoms with Crippen LogP contribution in [0.2, 0.25) is 0 Å². The van der Waals surface area contributed by atoms with Crippen LogP contribution < -0.4 is 5.32 Å². The van der Waals surface area contributed by atoms with E-state index in [0.29, 0.717) is 10.7 Å². The number of carbonyl (C=O) groups excluding carboxylic acids is 1. The fourth-order valence-electron chi connectivity index (χ4n) is 1.42. The van der Waals surface area contributed by atoms with Gasteiger partial charge in [-0.3, -0.25) is 4.79 Å². The molecule has 21 heavy (non-hydrogen) atoms. The first-order valence-electron chi connectivity index (χ1n) is 5.83. The minimum atomic E-state index is -1.70. The molecule has 0 unspecified atom stereocenters. The Morgan fingerprint density at radius 1 is 1.10 bits per heavy atom. The molecule has 0 fully saturated rings. The van der Waals surface area contributed by atoms with Gasteiger partial charge in [0.1, 0.15) is 5.37 Å². The van der Waals surface area contributed by atoms with Crippen molar-refractivity contribution >= 4 is 52.5 Å². The van der Waals surface area contributed by atoms with Gasteiger partial charge in [-0.05, 0) is 18.2 Å². The zero-order chi connectivity index (χ0) is 15.3. The van der Waals surface area contributed by atoms with Crippen molar-refractivity contribution in [1.82, 2.24) is 15.3 Å². The molecule has 4 nitrogen and oxygen atoms in total. The summed E-state index contributed by atoms with van der Waals surface area (Å²) in [7, 11) is 0. The van der Waals surface area contributed by atoms with Crippen LogP contribution in [0.1, 0.15) is 10.4 Å². The minimum absolute atomic E-state index is 0.338. The Balaban J connectivity index is 2.12. The van der Waals surface area contributed by atoms with Crippen LogP contribution >= 0.6 is 46.6 Å². The van der Waals surface area contributed by atoms with Crippen molar-refractivity contribution in [2.75, 3.05) is 0 Å². The normalized spacial score (nSPS) is 12.7. The third kappa shape index (κ3) is 5.04. The van der Waals surface area contributed by atoms with Gasteiger partial charge in [-0.1, -0.05) is 64.8 Å². The van der Waals surface area contributed by atoms with E-state index in [-0.39, 0.29) is 5.91 Å². The second-order valence-corrected chi connectivity index (χ2v) is 7.35. The van der Waals surface area contributed by atoms with Crippen molar-refractivity contribution in [3.63, 3.8) is 0 Å². The van der Waals surface area contributed by atoms with Gasteiger partial charge < -0.3 is 5.32 Å². The quantitative estimate of drug-likeness (QED) is 0.390. The van der Waals surface area contributed by atoms with Crippen molar-refractivity contribution in [3.8, 4) is 0 Å². The van der Waals surface area contributed by atoms with Crippen molar-refractivity contribution in [2.24, 2.45) is 0 Å². The number of amides is 1. The summed E-state index contributed by atoms with van der Waals surface area (Å²) in [6, 6.07) is 10.4. The van der Waals surface area contributed by atoms with Crippen molar-refractivity contribution in [2.45, 2.75) is 14.3 Å². The highest BCUT2D eigenvalue weighted by molar-refractivity contribution is 8.00. The Kier molecular flexibility index (Phi) is 5.70. The first-order valence-corrected chi connectivity index (χ1v) is 7.84. The van der Waals surface area contributed by atoms with Crippen LogP contribution in [-0.2, 0) is 0 Å². The number of rotatable bonds is 4. The molecule has 1 amide bonds. The summed E-state index contributed by atoms with van der Waals surface area (Å²) < 4.78 is -1.70. The monoisotopic (exact) mass is 361 g/mol. The van der Waals surface area contributed by atoms with Gasteiger partial charge in [0.25, 0.3) is 5.91 Å². The van der Waals surface area contributed by atoms with Crippen LogP contribution in [0.15, 0.2) is 53.9 Å². The molecular formula is C13H10Cl3N3OS. The summed E-state index contributed by atoms with van der Waals surface area (Å²) in [6.07, 6.45) is 3.15. The maximum atomic E-state index is 12.2. The molecule has 0 aliphatic heterocycles. The molecule has 1 heterocycles. The molecule has 0 radical (unpaired) electrons. The minimum Gasteiger partial charge on any atom is -0.336 e. The molecule has 0 aliphatic rings. The highest BCUT2D eigenvalue weighted by atomic mass is 35.6. The lowest BCUT2D eigenvalue weighted by Gasteiger charge is -2.24. The number of alkyl halides is 3. The molecule has 0 bridgehead atoms. The Morgan fingerprint density at radius 3 is 2.29 bits per heavy atom. The molecule has 0 saturated heterocycles. The van der Waals surface area contributed by atoms with Crippen LogP contribution in [0.4, 0.5) is 0 Å². The third-order valence-corrected chi connectivity index (χ3v) is 4.53. The molecule has 0 spiro atoms. The Hall–Kier alpha value is -1.01. The van der Waals surface area contributed by atoms with Gasteiger partial charge >= 0.3 is 0 Å². The number of thioether (sulfide) groups is 1. The van der Waals surface area contributed by atoms with E-state index in [1.165, 1.54) is 0 Å². The van der Waals surface area contributed by atoms with E-state index in [1.54, 1.807) is 42.7 Å². The topological polar surface area (TPSA) is 54.9 Å². The van der Waals surface area contributed by atoms with E-state index >= 15 is 0 Å². The van der Waals surface area contributed by atoms with Crippen molar-refractivity contribution in [3.05, 3.63) is 54.4 Å². The van der Waals surface area contributed by atoms with Crippen LogP contribution in [0.3, 0.4) is 0 Å². The van der Waals surface area contributed by atoms with Crippen LogP contribution in [0, 0.1) is 0 Å². The first-order chi connectivity index (χ1) is 9.97. The van der Waals surface area contributed by atoms with Gasteiger partial charge in [-0.2, -0.15) is 0 Å². The van der Waals surface area contributed by atoms with E-state index in [1.807, 2.05) is 6.07 Å². The standard InChI is InChI=1S/C13H10Cl3N3OS/c14-13(15,16)11(21-12-17-7-4-8-18-12)19-10(20)9-5-2-1-3-6-9/h1-8,11H,(H,19,20)/t11-/m1/s1. The fourth-order valence-corrected chi connectivity index (χ4v) is 2.74. The molecule has 1 aromatic carbocycles. The summed E-state index contributed by atoms with van der Waals surface area (Å²) >= 11 is 18.8. The molecular weight excluding hydrogens is 353 g/mol. The highest BCUT2D eigenvalue weighted by Crippen LogP contribution is 2.38. The largest absolute Gasteiger partial charge is 0.336 e. The van der Waals surface area contributed by atoms with E-state index in [0.717, 1.165) is 11.8 Å². The molecule has 1 atom stereocenters. The van der Waals surface area contributed by atoms with Gasteiger partial charge in [-0.25, -0.2) is 9.97 Å². The van der Waals surface area contributed by atoms with Crippen molar-refractivity contribution < 1.29 is 4.79 Å². The molecule has 8 heteroatoms. The summed E-state index contributed by atoms with van der Waals surface area (Å²) in [5.41, 5.74) is 0.478.